The average molecular weight is 256 g/mol. The molecule has 5 heteroatoms. The number of halogens is 1. The fraction of sp³-hybridized carbons (Fsp3) is 0.417. The van der Waals surface area contributed by atoms with E-state index >= 15 is 0 Å². The van der Waals surface area contributed by atoms with Crippen molar-refractivity contribution in [3.8, 4) is 0 Å². The zero-order valence-electron chi connectivity index (χ0n) is 9.78. The molecule has 0 aliphatic heterocycles. The minimum atomic E-state index is -0.956. The molecule has 1 unspecified atom stereocenters. The molecule has 0 bridgehead atoms. The van der Waals surface area contributed by atoms with E-state index in [1.165, 1.54) is 23.9 Å². The normalized spacial score (nSPS) is 14.3. The van der Waals surface area contributed by atoms with E-state index in [9.17, 15) is 9.18 Å². The van der Waals surface area contributed by atoms with Gasteiger partial charge in [-0.1, -0.05) is 6.07 Å². The van der Waals surface area contributed by atoms with Crippen molar-refractivity contribution in [3.63, 3.8) is 0 Å². The van der Waals surface area contributed by atoms with Crippen LogP contribution in [-0.4, -0.2) is 17.2 Å². The molecule has 94 valence electrons. The van der Waals surface area contributed by atoms with Gasteiger partial charge >= 0.3 is 0 Å². The van der Waals surface area contributed by atoms with E-state index in [0.717, 1.165) is 17.1 Å². The highest BCUT2D eigenvalue weighted by Gasteiger charge is 2.24. The van der Waals surface area contributed by atoms with Crippen molar-refractivity contribution in [1.29, 1.82) is 0 Å². The summed E-state index contributed by atoms with van der Waals surface area (Å²) in [6.07, 6.45) is 1.29. The van der Waals surface area contributed by atoms with Gasteiger partial charge in [-0.25, -0.2) is 4.39 Å². The van der Waals surface area contributed by atoms with E-state index < -0.39 is 11.4 Å². The minimum Gasteiger partial charge on any atom is -0.368 e. The number of rotatable bonds is 6. The molecule has 17 heavy (non-hydrogen) atoms. The molecule has 0 aliphatic carbocycles. The first-order chi connectivity index (χ1) is 7.92. The van der Waals surface area contributed by atoms with Crippen LogP contribution in [0.15, 0.2) is 29.2 Å². The number of amides is 1. The Bertz CT molecular complexity index is 396. The molecule has 4 N–H and O–H groups in total. The van der Waals surface area contributed by atoms with Gasteiger partial charge in [-0.05, 0) is 43.7 Å². The molecule has 0 fully saturated rings. The lowest BCUT2D eigenvalue weighted by Gasteiger charge is -2.19. The maximum absolute atomic E-state index is 12.9. The van der Waals surface area contributed by atoms with Crippen LogP contribution in [0.4, 0.5) is 4.39 Å². The summed E-state index contributed by atoms with van der Waals surface area (Å²) in [7, 11) is 0. The largest absolute Gasteiger partial charge is 0.368 e. The van der Waals surface area contributed by atoms with Crippen LogP contribution in [0.1, 0.15) is 19.8 Å². The van der Waals surface area contributed by atoms with Crippen LogP contribution in [0.5, 0.6) is 0 Å². The zero-order chi connectivity index (χ0) is 12.9. The number of hydrogen-bond donors (Lipinski definition) is 2. The third-order valence-corrected chi connectivity index (χ3v) is 3.55. The minimum absolute atomic E-state index is 0.240. The summed E-state index contributed by atoms with van der Waals surface area (Å²) in [5, 5.41) is 0. The van der Waals surface area contributed by atoms with Crippen LogP contribution in [0.25, 0.3) is 0 Å². The van der Waals surface area contributed by atoms with Crippen LogP contribution in [0.3, 0.4) is 0 Å². The first kappa shape index (κ1) is 14.0. The summed E-state index contributed by atoms with van der Waals surface area (Å²) < 4.78 is 12.9. The number of thioether (sulfide) groups is 1. The van der Waals surface area contributed by atoms with Crippen LogP contribution in [-0.2, 0) is 4.79 Å². The Hall–Kier alpha value is -1.07. The van der Waals surface area contributed by atoms with E-state index in [1.807, 2.05) is 6.07 Å². The van der Waals surface area contributed by atoms with Gasteiger partial charge in [0.25, 0.3) is 0 Å². The predicted octanol–water partition coefficient (Wildman–Crippen LogP) is 1.90. The van der Waals surface area contributed by atoms with E-state index in [-0.39, 0.29) is 5.82 Å². The molecule has 1 amide bonds. The summed E-state index contributed by atoms with van der Waals surface area (Å²) in [4.78, 5) is 11.8. The van der Waals surface area contributed by atoms with Crippen molar-refractivity contribution in [1.82, 2.24) is 0 Å². The topological polar surface area (TPSA) is 69.1 Å². The lowest BCUT2D eigenvalue weighted by Crippen LogP contribution is -2.49. The number of carbonyl (C=O) groups is 1. The Morgan fingerprint density at radius 1 is 1.53 bits per heavy atom. The van der Waals surface area contributed by atoms with Gasteiger partial charge in [0.1, 0.15) is 5.82 Å². The van der Waals surface area contributed by atoms with Crippen molar-refractivity contribution in [2.24, 2.45) is 11.5 Å². The van der Waals surface area contributed by atoms with Crippen LogP contribution < -0.4 is 11.5 Å². The molecule has 1 aromatic rings. The van der Waals surface area contributed by atoms with Crippen molar-refractivity contribution in [3.05, 3.63) is 30.1 Å². The van der Waals surface area contributed by atoms with Crippen molar-refractivity contribution in [2.45, 2.75) is 30.2 Å². The van der Waals surface area contributed by atoms with Crippen LogP contribution in [0.2, 0.25) is 0 Å². The number of benzene rings is 1. The van der Waals surface area contributed by atoms with Gasteiger partial charge in [0, 0.05) is 4.90 Å². The van der Waals surface area contributed by atoms with E-state index in [1.54, 1.807) is 13.0 Å². The second-order valence-corrected chi connectivity index (χ2v) is 5.36. The van der Waals surface area contributed by atoms with Gasteiger partial charge < -0.3 is 11.5 Å². The van der Waals surface area contributed by atoms with E-state index in [4.69, 9.17) is 11.5 Å². The Kier molecular flexibility index (Phi) is 4.96. The second-order valence-electron chi connectivity index (χ2n) is 4.19. The third kappa shape index (κ3) is 4.75. The Labute approximate surface area is 105 Å². The molecule has 0 saturated heterocycles. The standard InChI is InChI=1S/C12H17FN2OS/c1-12(15,11(14)16)6-3-7-17-10-5-2-4-9(13)8-10/h2,4-5,8H,3,6-7,15H2,1H3,(H2,14,16). The first-order valence-corrected chi connectivity index (χ1v) is 6.37. The lowest BCUT2D eigenvalue weighted by molar-refractivity contribution is -0.122. The van der Waals surface area contributed by atoms with Gasteiger partial charge in [-0.3, -0.25) is 4.79 Å². The predicted molar refractivity (Wildman–Crippen MR) is 68.1 cm³/mol. The Morgan fingerprint density at radius 3 is 2.82 bits per heavy atom. The molecular weight excluding hydrogens is 239 g/mol. The number of carbonyl (C=O) groups excluding carboxylic acids is 1. The average Bonchev–Trinajstić information content (AvgIpc) is 2.24. The highest BCUT2D eigenvalue weighted by molar-refractivity contribution is 7.99. The molecule has 0 heterocycles. The molecule has 1 aromatic carbocycles. The smallest absolute Gasteiger partial charge is 0.237 e. The zero-order valence-corrected chi connectivity index (χ0v) is 10.6. The lowest BCUT2D eigenvalue weighted by atomic mass is 9.97. The van der Waals surface area contributed by atoms with Crippen LogP contribution >= 0.6 is 11.8 Å². The van der Waals surface area contributed by atoms with Gasteiger partial charge in [-0.2, -0.15) is 0 Å². The van der Waals surface area contributed by atoms with Crippen molar-refractivity contribution < 1.29 is 9.18 Å². The fourth-order valence-corrected chi connectivity index (χ4v) is 2.20. The number of nitrogens with two attached hydrogens (primary N) is 2. The fourth-order valence-electron chi connectivity index (χ4n) is 1.31. The quantitative estimate of drug-likeness (QED) is 0.603. The summed E-state index contributed by atoms with van der Waals surface area (Å²) >= 11 is 1.54. The highest BCUT2D eigenvalue weighted by Crippen LogP contribution is 2.21. The summed E-state index contributed by atoms with van der Waals surface area (Å²) in [5.41, 5.74) is 9.93. The molecule has 0 radical (unpaired) electrons. The molecule has 0 aromatic heterocycles. The van der Waals surface area contributed by atoms with Crippen LogP contribution in [0, 0.1) is 5.82 Å². The molecule has 0 spiro atoms. The molecule has 0 aliphatic rings. The van der Waals surface area contributed by atoms with Crippen molar-refractivity contribution >= 4 is 17.7 Å². The van der Waals surface area contributed by atoms with E-state index in [0.29, 0.717) is 6.42 Å². The molecule has 1 atom stereocenters. The molecule has 0 saturated carbocycles. The maximum Gasteiger partial charge on any atom is 0.237 e. The third-order valence-electron chi connectivity index (χ3n) is 2.47. The van der Waals surface area contributed by atoms with Crippen molar-refractivity contribution in [2.75, 3.05) is 5.75 Å². The maximum atomic E-state index is 12.9. The molecule has 1 rings (SSSR count). The Balaban J connectivity index is 2.32. The second kappa shape index (κ2) is 6.02. The van der Waals surface area contributed by atoms with Gasteiger partial charge in [-0.15, -0.1) is 11.8 Å². The van der Waals surface area contributed by atoms with Gasteiger partial charge in [0.2, 0.25) is 5.91 Å². The van der Waals surface area contributed by atoms with Gasteiger partial charge in [0.05, 0.1) is 5.54 Å². The van der Waals surface area contributed by atoms with Gasteiger partial charge in [0.15, 0.2) is 0 Å². The summed E-state index contributed by atoms with van der Waals surface area (Å²) in [5.74, 6) is 0.0489. The summed E-state index contributed by atoms with van der Waals surface area (Å²) in [6, 6.07) is 6.42. The molecule has 3 nitrogen and oxygen atoms in total. The van der Waals surface area contributed by atoms with E-state index in [2.05, 4.69) is 0 Å². The molecular formula is C12H17FN2OS. The SMILES string of the molecule is CC(N)(CCCSc1cccc(F)c1)C(N)=O. The monoisotopic (exact) mass is 256 g/mol. The Morgan fingerprint density at radius 2 is 2.24 bits per heavy atom. The number of primary amides is 1. The summed E-state index contributed by atoms with van der Waals surface area (Å²) in [6.45, 7) is 1.63. The highest BCUT2D eigenvalue weighted by atomic mass is 32.2. The first-order valence-electron chi connectivity index (χ1n) is 5.39. The number of hydrogen-bond acceptors (Lipinski definition) is 3.